The van der Waals surface area contributed by atoms with E-state index in [1.807, 2.05) is 79.9 Å². The van der Waals surface area contributed by atoms with E-state index in [0.717, 1.165) is 16.5 Å². The number of para-hydroxylation sites is 1. The van der Waals surface area contributed by atoms with E-state index in [-0.39, 0.29) is 38.6 Å². The molecule has 4 aromatic rings. The predicted octanol–water partition coefficient (Wildman–Crippen LogP) is 5.76. The molecular weight excluding hydrogens is 692 g/mol. The van der Waals surface area contributed by atoms with Crippen molar-refractivity contribution in [2.24, 2.45) is 0 Å². The van der Waals surface area contributed by atoms with E-state index >= 15 is 0 Å². The second kappa shape index (κ2) is 17.8. The lowest BCUT2D eigenvalue weighted by Gasteiger charge is -2.28. The van der Waals surface area contributed by atoms with Crippen molar-refractivity contribution in [2.75, 3.05) is 19.8 Å². The van der Waals surface area contributed by atoms with Gasteiger partial charge in [-0.2, -0.15) is 0 Å². The molecule has 2 heterocycles. The van der Waals surface area contributed by atoms with Crippen molar-refractivity contribution in [3.05, 3.63) is 71.7 Å². The molecule has 2 aromatic carbocycles. The van der Waals surface area contributed by atoms with E-state index < -0.39 is 40.9 Å². The average Bonchev–Trinajstić information content (AvgIpc) is 3.45. The number of rotatable bonds is 17. The third-order valence-corrected chi connectivity index (χ3v) is 8.34. The fourth-order valence-electron chi connectivity index (χ4n) is 5.63. The van der Waals surface area contributed by atoms with E-state index in [1.165, 1.54) is 0 Å². The van der Waals surface area contributed by atoms with Gasteiger partial charge < -0.3 is 39.5 Å². The Morgan fingerprint density at radius 2 is 1.56 bits per heavy atom. The lowest BCUT2D eigenvalue weighted by molar-refractivity contribution is -0.127. The summed E-state index contributed by atoms with van der Waals surface area (Å²) in [5.74, 6) is -0.00794. The van der Waals surface area contributed by atoms with Crippen LogP contribution in [-0.2, 0) is 54.7 Å². The lowest BCUT2D eigenvalue weighted by atomic mass is 10.1. The molecule has 292 valence electrons. The van der Waals surface area contributed by atoms with Crippen LogP contribution >= 0.6 is 0 Å². The Kier molecular flexibility index (Phi) is 13.8. The molecule has 0 unspecified atom stereocenters. The Labute approximate surface area is 316 Å². The lowest BCUT2D eigenvalue weighted by Crippen LogP contribution is -2.55. The first-order valence-corrected chi connectivity index (χ1v) is 18.2. The number of pyridine rings is 1. The summed E-state index contributed by atoms with van der Waals surface area (Å²) in [6.07, 6.45) is -1.45. The van der Waals surface area contributed by atoms with Gasteiger partial charge >= 0.3 is 12.2 Å². The summed E-state index contributed by atoms with van der Waals surface area (Å²) in [4.78, 5) is 61.0. The van der Waals surface area contributed by atoms with Crippen LogP contribution in [0.15, 0.2) is 54.6 Å². The summed E-state index contributed by atoms with van der Waals surface area (Å²) >= 11 is 0. The third kappa shape index (κ3) is 11.7. The minimum absolute atomic E-state index is 0.0705. The zero-order valence-electron chi connectivity index (χ0n) is 32.8. The molecule has 0 fully saturated rings. The molecule has 0 bridgehead atoms. The van der Waals surface area contributed by atoms with Crippen LogP contribution in [0.3, 0.4) is 0 Å². The van der Waals surface area contributed by atoms with Crippen molar-refractivity contribution in [1.29, 1.82) is 0 Å². The zero-order chi connectivity index (χ0) is 39.7. The van der Waals surface area contributed by atoms with Gasteiger partial charge in [-0.05, 0) is 73.9 Å². The van der Waals surface area contributed by atoms with Crippen LogP contribution in [0, 0.1) is 0 Å². The van der Waals surface area contributed by atoms with Crippen molar-refractivity contribution in [2.45, 2.75) is 111 Å². The zero-order valence-corrected chi connectivity index (χ0v) is 32.8. The van der Waals surface area contributed by atoms with Crippen molar-refractivity contribution in [1.82, 2.24) is 30.5 Å². The van der Waals surface area contributed by atoms with E-state index in [0.29, 0.717) is 35.7 Å². The molecule has 2 aromatic heterocycles. The number of Topliss-reactive ketones (excluding diaryl/α,β-unsaturated/α-hetero) is 1. The highest BCUT2D eigenvalue weighted by atomic mass is 16.6. The molecule has 14 heteroatoms. The summed E-state index contributed by atoms with van der Waals surface area (Å²) in [5.41, 5.74) is 0.650. The summed E-state index contributed by atoms with van der Waals surface area (Å²) < 4.78 is 24.8. The Hall–Kier alpha value is -5.08. The summed E-state index contributed by atoms with van der Waals surface area (Å²) in [5, 5.41) is 8.93. The van der Waals surface area contributed by atoms with Gasteiger partial charge in [0.15, 0.2) is 5.78 Å². The maximum Gasteiger partial charge on any atom is 0.408 e. The van der Waals surface area contributed by atoms with Gasteiger partial charge in [0.25, 0.3) is 0 Å². The molecular formula is C40H54N6O8. The predicted molar refractivity (Wildman–Crippen MR) is 205 cm³/mol. The van der Waals surface area contributed by atoms with Crippen molar-refractivity contribution in [3.8, 4) is 0 Å². The van der Waals surface area contributed by atoms with Crippen LogP contribution in [0.2, 0.25) is 0 Å². The monoisotopic (exact) mass is 746 g/mol. The molecule has 54 heavy (non-hydrogen) atoms. The second-order valence-electron chi connectivity index (χ2n) is 15.2. The number of fused-ring (bicyclic) bond motifs is 3. The highest BCUT2D eigenvalue weighted by molar-refractivity contribution is 6.05. The molecule has 3 amide bonds. The van der Waals surface area contributed by atoms with Gasteiger partial charge in [-0.1, -0.05) is 48.5 Å². The van der Waals surface area contributed by atoms with Gasteiger partial charge in [0.05, 0.1) is 47.9 Å². The number of ether oxygens (including phenoxy) is 4. The largest absolute Gasteiger partial charge is 0.445 e. The number of hydrogen-bond acceptors (Lipinski definition) is 10. The molecule has 4 rings (SSSR count). The standard InChI is InChI=1S/C40H54N6O8/c1-10-51-24-32-44-33-30(22-31(47)26(2)42-36(49)54-38(3,4)5)43-29-19-15-14-18-28(29)34(33)46(32)25-39(6,7)53-21-20-41-35(48)40(8,9)45-37(50)52-23-27-16-12-11-13-17-27/h11-19,26H,10,20-25H2,1-9H3,(H,41,48)(H,42,49)(H,45,50)/t26-/m0/s1. The van der Waals surface area contributed by atoms with Gasteiger partial charge in [-0.15, -0.1) is 0 Å². The fourth-order valence-corrected chi connectivity index (χ4v) is 5.63. The Bertz CT molecular complexity index is 1930. The quantitative estimate of drug-likeness (QED) is 0.113. The van der Waals surface area contributed by atoms with E-state index in [2.05, 4.69) is 16.0 Å². The summed E-state index contributed by atoms with van der Waals surface area (Å²) in [6.45, 7) is 17.4. The number of ketones is 1. The first-order chi connectivity index (χ1) is 25.4. The van der Waals surface area contributed by atoms with Gasteiger partial charge in [-0.25, -0.2) is 19.6 Å². The van der Waals surface area contributed by atoms with Gasteiger partial charge in [0, 0.05) is 18.5 Å². The molecule has 3 N–H and O–H groups in total. The molecule has 0 radical (unpaired) electrons. The highest BCUT2D eigenvalue weighted by Gasteiger charge is 2.31. The van der Waals surface area contributed by atoms with Gasteiger partial charge in [0.2, 0.25) is 5.91 Å². The fraction of sp³-hybridized carbons (Fsp3) is 0.500. The Balaban J connectivity index is 1.47. The summed E-state index contributed by atoms with van der Waals surface area (Å²) in [6, 6.07) is 16.1. The number of amides is 3. The Morgan fingerprint density at radius 3 is 2.24 bits per heavy atom. The first kappa shape index (κ1) is 41.7. The van der Waals surface area contributed by atoms with Crippen molar-refractivity contribution < 1.29 is 38.1 Å². The smallest absolute Gasteiger partial charge is 0.408 e. The molecule has 0 saturated heterocycles. The van der Waals surface area contributed by atoms with Gasteiger partial charge in [0.1, 0.15) is 35.7 Å². The molecule has 1 atom stereocenters. The highest BCUT2D eigenvalue weighted by Crippen LogP contribution is 2.30. The van der Waals surface area contributed by atoms with Crippen LogP contribution in [0.1, 0.15) is 79.4 Å². The van der Waals surface area contributed by atoms with Crippen LogP contribution in [-0.4, -0.2) is 81.0 Å². The van der Waals surface area contributed by atoms with Crippen LogP contribution in [0.4, 0.5) is 9.59 Å². The SMILES string of the molecule is CCOCc1nc2c(CC(=O)[C@H](C)NC(=O)OC(C)(C)C)nc3ccccc3c2n1CC(C)(C)OCCNC(=O)C(C)(C)NC(=O)OCc1ccccc1. The molecule has 0 aliphatic carbocycles. The van der Waals surface area contributed by atoms with Crippen LogP contribution < -0.4 is 16.0 Å². The van der Waals surface area contributed by atoms with Crippen LogP contribution in [0.5, 0.6) is 0 Å². The van der Waals surface area contributed by atoms with Crippen molar-refractivity contribution >= 4 is 45.8 Å². The maximum atomic E-state index is 13.4. The first-order valence-electron chi connectivity index (χ1n) is 18.2. The molecule has 0 spiro atoms. The number of imidazole rings is 1. The normalized spacial score (nSPS) is 12.7. The maximum absolute atomic E-state index is 13.4. The number of aromatic nitrogens is 3. The third-order valence-electron chi connectivity index (χ3n) is 8.34. The minimum Gasteiger partial charge on any atom is -0.445 e. The second-order valence-corrected chi connectivity index (χ2v) is 15.2. The number of carbonyl (C=O) groups excluding carboxylic acids is 4. The average molecular weight is 747 g/mol. The molecule has 0 aliphatic rings. The number of hydrogen-bond donors (Lipinski definition) is 3. The minimum atomic E-state index is -1.23. The number of alkyl carbamates (subject to hydrolysis) is 2. The van der Waals surface area contributed by atoms with Gasteiger partial charge in [-0.3, -0.25) is 9.59 Å². The van der Waals surface area contributed by atoms with E-state index in [9.17, 15) is 19.2 Å². The Morgan fingerprint density at radius 1 is 0.870 bits per heavy atom. The molecule has 14 nitrogen and oxygen atoms in total. The number of nitrogens with one attached hydrogen (secondary N) is 3. The molecule has 0 aliphatic heterocycles. The molecule has 0 saturated carbocycles. The number of nitrogens with zero attached hydrogens (tertiary/aromatic N) is 3. The topological polar surface area (TPSA) is 172 Å². The summed E-state index contributed by atoms with van der Waals surface area (Å²) in [7, 11) is 0. The van der Waals surface area contributed by atoms with Crippen LogP contribution in [0.25, 0.3) is 21.9 Å². The van der Waals surface area contributed by atoms with E-state index in [4.69, 9.17) is 28.9 Å². The van der Waals surface area contributed by atoms with Crippen molar-refractivity contribution in [3.63, 3.8) is 0 Å². The van der Waals surface area contributed by atoms with E-state index in [1.54, 1.807) is 41.5 Å². The number of benzene rings is 2. The number of carbonyl (C=O) groups is 4.